The molecule has 0 aliphatic heterocycles. The van der Waals surface area contributed by atoms with Crippen LogP contribution < -0.4 is 0 Å². The zero-order chi connectivity index (χ0) is 20.4. The molecule has 0 aliphatic rings. The predicted molar refractivity (Wildman–Crippen MR) is 125 cm³/mol. The first-order valence-corrected chi connectivity index (χ1v) is 10.3. The minimum atomic E-state index is 0.795. The standard InChI is InChI=1S/C27H17N3O/c1-2-8-18(9-3-1)29-23-12-6-4-10-20(23)27-26(29)21-11-5-7-13-24(21)30(27)19-14-15-25-22(16-19)28-17-31-25/h1-17H. The topological polar surface area (TPSA) is 35.9 Å². The quantitative estimate of drug-likeness (QED) is 0.318. The first-order chi connectivity index (χ1) is 15.4. The third kappa shape index (κ3) is 2.21. The van der Waals surface area contributed by atoms with Crippen LogP contribution in [0.3, 0.4) is 0 Å². The molecule has 0 spiro atoms. The third-order valence-corrected chi connectivity index (χ3v) is 6.06. The highest BCUT2D eigenvalue weighted by Gasteiger charge is 2.21. The average Bonchev–Trinajstić information content (AvgIpc) is 3.51. The number of para-hydroxylation sites is 3. The molecule has 7 aromatic rings. The summed E-state index contributed by atoms with van der Waals surface area (Å²) in [5.74, 6) is 0. The van der Waals surface area contributed by atoms with Crippen molar-refractivity contribution in [1.82, 2.24) is 14.1 Å². The van der Waals surface area contributed by atoms with Crippen molar-refractivity contribution in [2.24, 2.45) is 0 Å². The van der Waals surface area contributed by atoms with Crippen molar-refractivity contribution in [3.05, 3.63) is 103 Å². The number of hydrogen-bond donors (Lipinski definition) is 0. The van der Waals surface area contributed by atoms with Gasteiger partial charge < -0.3 is 13.6 Å². The van der Waals surface area contributed by atoms with Crippen molar-refractivity contribution in [2.75, 3.05) is 0 Å². The maximum Gasteiger partial charge on any atom is 0.181 e. The van der Waals surface area contributed by atoms with Gasteiger partial charge in [-0.15, -0.1) is 0 Å². The molecule has 4 nitrogen and oxygen atoms in total. The van der Waals surface area contributed by atoms with E-state index < -0.39 is 0 Å². The van der Waals surface area contributed by atoms with Gasteiger partial charge >= 0.3 is 0 Å². The Balaban J connectivity index is 1.72. The summed E-state index contributed by atoms with van der Waals surface area (Å²) in [4.78, 5) is 4.38. The summed E-state index contributed by atoms with van der Waals surface area (Å²) >= 11 is 0. The van der Waals surface area contributed by atoms with Gasteiger partial charge in [0.1, 0.15) is 5.52 Å². The van der Waals surface area contributed by atoms with Gasteiger partial charge in [0.05, 0.1) is 22.1 Å². The van der Waals surface area contributed by atoms with Crippen molar-refractivity contribution < 1.29 is 4.42 Å². The molecule has 3 heterocycles. The van der Waals surface area contributed by atoms with Crippen LogP contribution in [-0.2, 0) is 0 Å². The molecule has 4 heteroatoms. The minimum absolute atomic E-state index is 0.795. The second kappa shape index (κ2) is 6.09. The zero-order valence-corrected chi connectivity index (χ0v) is 16.6. The van der Waals surface area contributed by atoms with E-state index in [1.54, 1.807) is 0 Å². The molecule has 31 heavy (non-hydrogen) atoms. The fourth-order valence-corrected chi connectivity index (χ4v) is 4.79. The Morgan fingerprint density at radius 2 is 1.19 bits per heavy atom. The fraction of sp³-hybridized carbons (Fsp3) is 0. The molecule has 0 aliphatic carbocycles. The number of nitrogens with zero attached hydrogens (tertiary/aromatic N) is 3. The monoisotopic (exact) mass is 399 g/mol. The largest absolute Gasteiger partial charge is 0.443 e. The number of rotatable bonds is 2. The molecule has 0 atom stereocenters. The van der Waals surface area contributed by atoms with Crippen LogP contribution in [0.2, 0.25) is 0 Å². The first kappa shape index (κ1) is 16.5. The molecule has 3 aromatic heterocycles. The van der Waals surface area contributed by atoms with Gasteiger partial charge in [0.25, 0.3) is 0 Å². The molecule has 7 rings (SSSR count). The predicted octanol–water partition coefficient (Wildman–Crippen LogP) is 6.87. The fourth-order valence-electron chi connectivity index (χ4n) is 4.79. The average molecular weight is 399 g/mol. The van der Waals surface area contributed by atoms with Crippen molar-refractivity contribution >= 4 is 43.9 Å². The zero-order valence-electron chi connectivity index (χ0n) is 16.6. The van der Waals surface area contributed by atoms with Crippen molar-refractivity contribution in [3.8, 4) is 11.4 Å². The molecule has 146 valence electrons. The van der Waals surface area contributed by atoms with E-state index >= 15 is 0 Å². The molecule has 0 radical (unpaired) electrons. The molecular formula is C27H17N3O. The van der Waals surface area contributed by atoms with Gasteiger partial charge in [0, 0.05) is 22.1 Å². The van der Waals surface area contributed by atoms with Gasteiger partial charge in [-0.1, -0.05) is 54.6 Å². The van der Waals surface area contributed by atoms with Crippen LogP contribution in [0.4, 0.5) is 0 Å². The van der Waals surface area contributed by atoms with Gasteiger partial charge in [-0.25, -0.2) is 4.98 Å². The van der Waals surface area contributed by atoms with Crippen LogP contribution in [0.15, 0.2) is 108 Å². The number of fused-ring (bicyclic) bond motifs is 6. The minimum Gasteiger partial charge on any atom is -0.443 e. The summed E-state index contributed by atoms with van der Waals surface area (Å²) in [7, 11) is 0. The SMILES string of the molecule is c1ccc(-n2c3ccccc3c3c2c2ccccc2n3-c2ccc3ocnc3c2)cc1. The normalized spacial score (nSPS) is 11.9. The molecule has 0 amide bonds. The van der Waals surface area contributed by atoms with Gasteiger partial charge in [-0.05, 0) is 42.5 Å². The van der Waals surface area contributed by atoms with Gasteiger partial charge in [0.2, 0.25) is 0 Å². The molecule has 0 fully saturated rings. The molecule has 0 bridgehead atoms. The van der Waals surface area contributed by atoms with Gasteiger partial charge in [-0.2, -0.15) is 0 Å². The molecule has 0 N–H and O–H groups in total. The van der Waals surface area contributed by atoms with Gasteiger partial charge in [0.15, 0.2) is 12.0 Å². The lowest BCUT2D eigenvalue weighted by Crippen LogP contribution is -1.93. The maximum atomic E-state index is 5.47. The second-order valence-electron chi connectivity index (χ2n) is 7.74. The van der Waals surface area contributed by atoms with Crippen LogP contribution in [0.25, 0.3) is 55.3 Å². The Labute approximate surface area is 177 Å². The molecular weight excluding hydrogens is 382 g/mol. The molecule has 0 saturated carbocycles. The summed E-state index contributed by atoms with van der Waals surface area (Å²) in [6.45, 7) is 0. The highest BCUT2D eigenvalue weighted by atomic mass is 16.3. The van der Waals surface area contributed by atoms with Crippen LogP contribution in [0.1, 0.15) is 0 Å². The summed E-state index contributed by atoms with van der Waals surface area (Å²) in [5.41, 5.74) is 8.66. The number of hydrogen-bond acceptors (Lipinski definition) is 2. The van der Waals surface area contributed by atoms with Crippen molar-refractivity contribution in [2.45, 2.75) is 0 Å². The van der Waals surface area contributed by atoms with Crippen LogP contribution in [-0.4, -0.2) is 14.1 Å². The van der Waals surface area contributed by atoms with E-state index in [1.807, 2.05) is 6.07 Å². The summed E-state index contributed by atoms with van der Waals surface area (Å²) < 4.78 is 10.2. The Hall–Kier alpha value is -4.31. The van der Waals surface area contributed by atoms with E-state index in [0.717, 1.165) is 22.5 Å². The highest BCUT2D eigenvalue weighted by Crippen LogP contribution is 2.40. The van der Waals surface area contributed by atoms with E-state index in [0.29, 0.717) is 0 Å². The molecule has 0 saturated heterocycles. The second-order valence-corrected chi connectivity index (χ2v) is 7.74. The summed E-state index contributed by atoms with van der Waals surface area (Å²) in [5, 5.41) is 2.44. The summed E-state index contributed by atoms with van der Waals surface area (Å²) in [6.07, 6.45) is 1.50. The lowest BCUT2D eigenvalue weighted by molar-refractivity contribution is 0.602. The van der Waals surface area contributed by atoms with E-state index in [4.69, 9.17) is 4.42 Å². The first-order valence-electron chi connectivity index (χ1n) is 10.3. The van der Waals surface area contributed by atoms with Crippen LogP contribution in [0, 0.1) is 0 Å². The Kier molecular flexibility index (Phi) is 3.24. The number of aromatic nitrogens is 3. The van der Waals surface area contributed by atoms with E-state index in [9.17, 15) is 0 Å². The van der Waals surface area contributed by atoms with E-state index in [2.05, 4.69) is 105 Å². The lowest BCUT2D eigenvalue weighted by Gasteiger charge is -2.08. The van der Waals surface area contributed by atoms with E-state index in [1.165, 1.54) is 39.2 Å². The van der Waals surface area contributed by atoms with Crippen LogP contribution in [0.5, 0.6) is 0 Å². The smallest absolute Gasteiger partial charge is 0.181 e. The van der Waals surface area contributed by atoms with Crippen molar-refractivity contribution in [1.29, 1.82) is 0 Å². The van der Waals surface area contributed by atoms with Gasteiger partial charge in [-0.3, -0.25) is 0 Å². The Morgan fingerprint density at radius 1 is 0.581 bits per heavy atom. The maximum absolute atomic E-state index is 5.47. The number of benzene rings is 4. The summed E-state index contributed by atoms with van der Waals surface area (Å²) in [6, 6.07) is 34.0. The third-order valence-electron chi connectivity index (χ3n) is 6.06. The molecule has 4 aromatic carbocycles. The Morgan fingerprint density at radius 3 is 1.90 bits per heavy atom. The van der Waals surface area contributed by atoms with Crippen molar-refractivity contribution in [3.63, 3.8) is 0 Å². The Bertz CT molecular complexity index is 1730. The highest BCUT2D eigenvalue weighted by molar-refractivity contribution is 6.19. The molecule has 0 unspecified atom stereocenters. The van der Waals surface area contributed by atoms with E-state index in [-0.39, 0.29) is 0 Å². The van der Waals surface area contributed by atoms with Crippen LogP contribution >= 0.6 is 0 Å². The lowest BCUT2D eigenvalue weighted by atomic mass is 10.2. The number of oxazole rings is 1.